The highest BCUT2D eigenvalue weighted by Crippen LogP contribution is 2.38. The van der Waals surface area contributed by atoms with Crippen LogP contribution < -0.4 is 5.73 Å². The summed E-state index contributed by atoms with van der Waals surface area (Å²) in [7, 11) is 0. The molecular formula is C22H29N3O. The molecule has 4 heteroatoms. The van der Waals surface area contributed by atoms with E-state index in [2.05, 4.69) is 22.1 Å². The fourth-order valence-corrected chi connectivity index (χ4v) is 2.96. The molecule has 2 aromatic rings. The van der Waals surface area contributed by atoms with Crippen LogP contribution in [0.2, 0.25) is 0 Å². The van der Waals surface area contributed by atoms with Gasteiger partial charge in [0, 0.05) is 23.5 Å². The van der Waals surface area contributed by atoms with E-state index in [9.17, 15) is 4.79 Å². The molecule has 0 spiro atoms. The Kier molecular flexibility index (Phi) is 7.07. The minimum Gasteiger partial charge on any atom is -0.399 e. The lowest BCUT2D eigenvalue weighted by molar-refractivity contribution is 0.112. The zero-order valence-corrected chi connectivity index (χ0v) is 15.9. The number of anilines is 1. The summed E-state index contributed by atoms with van der Waals surface area (Å²) in [5.41, 5.74) is 6.64. The monoisotopic (exact) mass is 351 g/mol. The van der Waals surface area contributed by atoms with Crippen molar-refractivity contribution in [3.8, 4) is 0 Å². The molecule has 1 heterocycles. The lowest BCUT2D eigenvalue weighted by Crippen LogP contribution is -2.15. The van der Waals surface area contributed by atoms with E-state index in [4.69, 9.17) is 5.73 Å². The number of benzene rings is 1. The molecule has 2 bridgehead atoms. The van der Waals surface area contributed by atoms with Crippen molar-refractivity contribution < 1.29 is 4.79 Å². The number of aldehydes is 1. The van der Waals surface area contributed by atoms with Crippen molar-refractivity contribution >= 4 is 12.0 Å². The van der Waals surface area contributed by atoms with Gasteiger partial charge in [-0.1, -0.05) is 51.1 Å². The number of carbonyl (C=O) groups excluding carboxylic acids is 1. The van der Waals surface area contributed by atoms with Crippen LogP contribution in [-0.4, -0.2) is 16.3 Å². The molecule has 0 aliphatic heterocycles. The molecule has 1 saturated carbocycles. The van der Waals surface area contributed by atoms with Gasteiger partial charge in [-0.15, -0.1) is 0 Å². The fourth-order valence-electron chi connectivity index (χ4n) is 2.96. The zero-order valence-electron chi connectivity index (χ0n) is 15.9. The number of nitrogens with two attached hydrogens (primary N) is 1. The molecule has 2 atom stereocenters. The van der Waals surface area contributed by atoms with E-state index < -0.39 is 0 Å². The van der Waals surface area contributed by atoms with Crippen molar-refractivity contribution in [2.75, 3.05) is 5.73 Å². The van der Waals surface area contributed by atoms with E-state index >= 15 is 0 Å². The van der Waals surface area contributed by atoms with Gasteiger partial charge in [0.15, 0.2) is 6.29 Å². The first kappa shape index (κ1) is 19.8. The lowest BCUT2D eigenvalue weighted by atomic mass is 9.96. The average Bonchev–Trinajstić information content (AvgIpc) is 3.29. The number of allylic oxidation sites excluding steroid dienone is 2. The van der Waals surface area contributed by atoms with Gasteiger partial charge in [0.25, 0.3) is 0 Å². The molecule has 2 unspecified atom stereocenters. The van der Waals surface area contributed by atoms with Crippen LogP contribution >= 0.6 is 0 Å². The molecule has 0 saturated heterocycles. The molecule has 2 aliphatic rings. The minimum absolute atomic E-state index is 0.0542. The molecule has 4 rings (SSSR count). The Morgan fingerprint density at radius 2 is 1.54 bits per heavy atom. The van der Waals surface area contributed by atoms with Crippen LogP contribution in [0.4, 0.5) is 5.69 Å². The second-order valence-corrected chi connectivity index (χ2v) is 7.84. The molecule has 1 aromatic carbocycles. The number of nitrogens with zero attached hydrogens (tertiary/aromatic N) is 2. The number of fused-ring (bicyclic) bond motifs is 2. The second-order valence-electron chi connectivity index (χ2n) is 7.84. The third kappa shape index (κ3) is 6.43. The standard InChI is InChI=1S/C9H12N2O.C7H10.C6H7N/c1-9(2,3)8-10-4-7(6-12)5-11-8;1-2-7-4-3-6(1)5-7;7-6-4-2-1-3-5-6/h4-6H,1-3H3;1-2,6-7H,3-5H2;1-5H,7H2. The number of nitrogen functional groups attached to an aromatic ring is 1. The van der Waals surface area contributed by atoms with Crippen LogP contribution in [0.5, 0.6) is 0 Å². The smallest absolute Gasteiger partial charge is 0.153 e. The van der Waals surface area contributed by atoms with Gasteiger partial charge in [0.1, 0.15) is 5.82 Å². The van der Waals surface area contributed by atoms with E-state index in [0.29, 0.717) is 5.56 Å². The van der Waals surface area contributed by atoms with Gasteiger partial charge in [-0.3, -0.25) is 4.79 Å². The van der Waals surface area contributed by atoms with Crippen molar-refractivity contribution in [1.82, 2.24) is 9.97 Å². The largest absolute Gasteiger partial charge is 0.399 e. The van der Waals surface area contributed by atoms with Crippen LogP contribution in [0.1, 0.15) is 56.2 Å². The quantitative estimate of drug-likeness (QED) is 0.454. The molecule has 2 N–H and O–H groups in total. The van der Waals surface area contributed by atoms with Crippen LogP contribution in [0, 0.1) is 11.8 Å². The topological polar surface area (TPSA) is 68.9 Å². The first-order chi connectivity index (χ1) is 12.4. The number of carbonyl (C=O) groups is 1. The normalized spacial score (nSPS) is 19.8. The molecule has 26 heavy (non-hydrogen) atoms. The van der Waals surface area contributed by atoms with Crippen molar-refractivity contribution in [3.63, 3.8) is 0 Å². The highest BCUT2D eigenvalue weighted by atomic mass is 16.1. The van der Waals surface area contributed by atoms with Gasteiger partial charge in [0.05, 0.1) is 5.56 Å². The number of aromatic nitrogens is 2. The Morgan fingerprint density at radius 1 is 1.00 bits per heavy atom. The van der Waals surface area contributed by atoms with Crippen molar-refractivity contribution in [2.45, 2.75) is 45.4 Å². The second kappa shape index (κ2) is 9.27. The summed E-state index contributed by atoms with van der Waals surface area (Å²) in [6, 6.07) is 9.49. The van der Waals surface area contributed by atoms with Crippen LogP contribution in [0.25, 0.3) is 0 Å². The predicted molar refractivity (Wildman–Crippen MR) is 107 cm³/mol. The maximum Gasteiger partial charge on any atom is 0.153 e. The minimum atomic E-state index is -0.0542. The first-order valence-electron chi connectivity index (χ1n) is 9.15. The summed E-state index contributed by atoms with van der Waals surface area (Å²) in [6.45, 7) is 6.09. The van der Waals surface area contributed by atoms with E-state index in [0.717, 1.165) is 29.6 Å². The zero-order chi connectivity index (χ0) is 19.0. The highest BCUT2D eigenvalue weighted by Gasteiger charge is 2.25. The van der Waals surface area contributed by atoms with Crippen LogP contribution in [-0.2, 0) is 5.41 Å². The lowest BCUT2D eigenvalue weighted by Gasteiger charge is -2.15. The number of hydrogen-bond acceptors (Lipinski definition) is 4. The maximum absolute atomic E-state index is 10.3. The van der Waals surface area contributed by atoms with Crippen molar-refractivity contribution in [3.05, 3.63) is 66.3 Å². The molecule has 1 aromatic heterocycles. The van der Waals surface area contributed by atoms with Crippen LogP contribution in [0.3, 0.4) is 0 Å². The Morgan fingerprint density at radius 3 is 1.81 bits per heavy atom. The summed E-state index contributed by atoms with van der Waals surface area (Å²) in [5, 5.41) is 0. The van der Waals surface area contributed by atoms with E-state index in [1.807, 2.05) is 51.1 Å². The number of rotatable bonds is 1. The molecule has 0 amide bonds. The van der Waals surface area contributed by atoms with Gasteiger partial charge in [-0.2, -0.15) is 0 Å². The molecular weight excluding hydrogens is 322 g/mol. The number of para-hydroxylation sites is 1. The van der Waals surface area contributed by atoms with Gasteiger partial charge < -0.3 is 5.73 Å². The molecule has 0 radical (unpaired) electrons. The summed E-state index contributed by atoms with van der Waals surface area (Å²) >= 11 is 0. The van der Waals surface area contributed by atoms with E-state index in [1.54, 1.807) is 12.4 Å². The van der Waals surface area contributed by atoms with E-state index in [1.165, 1.54) is 19.3 Å². The van der Waals surface area contributed by atoms with Crippen molar-refractivity contribution in [1.29, 1.82) is 0 Å². The Hall–Kier alpha value is -2.49. The Balaban J connectivity index is 0.000000148. The number of hydrogen-bond donors (Lipinski definition) is 1. The fraction of sp³-hybridized carbons (Fsp3) is 0.409. The maximum atomic E-state index is 10.3. The van der Waals surface area contributed by atoms with Gasteiger partial charge in [0.2, 0.25) is 0 Å². The summed E-state index contributed by atoms with van der Waals surface area (Å²) in [5.74, 6) is 2.74. The third-order valence-corrected chi connectivity index (χ3v) is 4.45. The highest BCUT2D eigenvalue weighted by molar-refractivity contribution is 5.73. The summed E-state index contributed by atoms with van der Waals surface area (Å²) in [6.07, 6.45) is 13.0. The summed E-state index contributed by atoms with van der Waals surface area (Å²) < 4.78 is 0. The Labute approximate surface area is 156 Å². The third-order valence-electron chi connectivity index (χ3n) is 4.45. The SMILES string of the molecule is C1=CC2CCC1C2.CC(C)(C)c1ncc(C=O)cn1.Nc1ccccc1. The molecule has 2 aliphatic carbocycles. The van der Waals surface area contributed by atoms with Gasteiger partial charge in [-0.25, -0.2) is 9.97 Å². The Bertz CT molecular complexity index is 690. The average molecular weight is 351 g/mol. The molecule has 1 fully saturated rings. The van der Waals surface area contributed by atoms with Crippen LogP contribution in [0.15, 0.2) is 54.9 Å². The van der Waals surface area contributed by atoms with E-state index in [-0.39, 0.29) is 5.41 Å². The van der Waals surface area contributed by atoms with Gasteiger partial charge in [-0.05, 0) is 43.2 Å². The predicted octanol–water partition coefficient (Wildman–Crippen LogP) is 4.83. The summed E-state index contributed by atoms with van der Waals surface area (Å²) in [4.78, 5) is 18.4. The molecule has 4 nitrogen and oxygen atoms in total. The van der Waals surface area contributed by atoms with Gasteiger partial charge >= 0.3 is 0 Å². The first-order valence-corrected chi connectivity index (χ1v) is 9.15. The van der Waals surface area contributed by atoms with Crippen molar-refractivity contribution in [2.24, 2.45) is 11.8 Å². The molecule has 138 valence electrons.